The molecule has 1 aliphatic carbocycles. The lowest BCUT2D eigenvalue weighted by Gasteiger charge is -2.15. The van der Waals surface area contributed by atoms with Crippen LogP contribution in [0.4, 0.5) is 0 Å². The summed E-state index contributed by atoms with van der Waals surface area (Å²) >= 11 is 0. The zero-order valence-corrected chi connectivity index (χ0v) is 11.5. The van der Waals surface area contributed by atoms with Crippen molar-refractivity contribution < 1.29 is 8.94 Å². The van der Waals surface area contributed by atoms with Gasteiger partial charge in [0.1, 0.15) is 11.5 Å². The topological polar surface area (TPSA) is 64.1 Å². The van der Waals surface area contributed by atoms with Crippen molar-refractivity contribution in [3.8, 4) is 0 Å². The zero-order valence-electron chi connectivity index (χ0n) is 11.5. The molecule has 0 amide bonds. The molecule has 1 fully saturated rings. The maximum atomic E-state index is 5.61. The number of aromatic nitrogens is 2. The monoisotopic (exact) mass is 261 g/mol. The van der Waals surface area contributed by atoms with E-state index in [1.54, 1.807) is 0 Å². The second-order valence-electron chi connectivity index (χ2n) is 5.32. The van der Waals surface area contributed by atoms with Gasteiger partial charge in [0.15, 0.2) is 5.82 Å². The summed E-state index contributed by atoms with van der Waals surface area (Å²) in [6.45, 7) is 6.03. The Morgan fingerprint density at radius 3 is 2.68 bits per heavy atom. The minimum atomic E-state index is 0.0143. The Hall–Kier alpha value is -1.62. The lowest BCUT2D eigenvalue weighted by molar-refractivity contribution is 0.313. The average molecular weight is 261 g/mol. The Morgan fingerprint density at radius 2 is 2.05 bits per heavy atom. The van der Waals surface area contributed by atoms with E-state index in [9.17, 15) is 0 Å². The van der Waals surface area contributed by atoms with Gasteiger partial charge in [-0.1, -0.05) is 5.16 Å². The number of nitrogens with one attached hydrogen (secondary N) is 1. The van der Waals surface area contributed by atoms with E-state index in [0.717, 1.165) is 17.3 Å². The van der Waals surface area contributed by atoms with Gasteiger partial charge in [0.05, 0.1) is 12.1 Å². The van der Waals surface area contributed by atoms with E-state index in [1.807, 2.05) is 26.0 Å². The number of hydrogen-bond acceptors (Lipinski definition) is 5. The summed E-state index contributed by atoms with van der Waals surface area (Å²) in [4.78, 5) is 4.45. The van der Waals surface area contributed by atoms with Crippen LogP contribution in [-0.4, -0.2) is 10.1 Å². The van der Waals surface area contributed by atoms with Crippen molar-refractivity contribution in [2.45, 2.75) is 51.6 Å². The van der Waals surface area contributed by atoms with Crippen molar-refractivity contribution in [2.75, 3.05) is 0 Å². The van der Waals surface area contributed by atoms with Gasteiger partial charge in [0.25, 0.3) is 0 Å². The van der Waals surface area contributed by atoms with Crippen molar-refractivity contribution in [1.82, 2.24) is 15.5 Å². The lowest BCUT2D eigenvalue weighted by atomic mass is 10.2. The SMILES string of the molecule is Cc1ccc([C@H](C)N[C@@H](C)c2nc(C3CC3)no2)o1. The van der Waals surface area contributed by atoms with Crippen molar-refractivity contribution >= 4 is 0 Å². The smallest absolute Gasteiger partial charge is 0.243 e. The van der Waals surface area contributed by atoms with E-state index in [1.165, 1.54) is 12.8 Å². The summed E-state index contributed by atoms with van der Waals surface area (Å²) in [5.41, 5.74) is 0. The van der Waals surface area contributed by atoms with Gasteiger partial charge in [-0.3, -0.25) is 5.32 Å². The molecule has 2 aromatic heterocycles. The highest BCUT2D eigenvalue weighted by Gasteiger charge is 2.29. The molecule has 2 aromatic rings. The Bertz CT molecular complexity index is 557. The van der Waals surface area contributed by atoms with E-state index in [-0.39, 0.29) is 12.1 Å². The lowest BCUT2D eigenvalue weighted by Crippen LogP contribution is -2.22. The molecule has 2 atom stereocenters. The molecule has 0 spiro atoms. The number of hydrogen-bond donors (Lipinski definition) is 1. The third kappa shape index (κ3) is 2.71. The van der Waals surface area contributed by atoms with Gasteiger partial charge in [-0.2, -0.15) is 4.98 Å². The summed E-state index contributed by atoms with van der Waals surface area (Å²) in [6.07, 6.45) is 2.37. The molecule has 102 valence electrons. The van der Waals surface area contributed by atoms with Crippen molar-refractivity contribution in [2.24, 2.45) is 0 Å². The van der Waals surface area contributed by atoms with Crippen LogP contribution in [-0.2, 0) is 0 Å². The van der Waals surface area contributed by atoms with Gasteiger partial charge in [-0.15, -0.1) is 0 Å². The van der Waals surface area contributed by atoms with Gasteiger partial charge in [-0.25, -0.2) is 0 Å². The van der Waals surface area contributed by atoms with Gasteiger partial charge in [0, 0.05) is 5.92 Å². The molecule has 5 nitrogen and oxygen atoms in total. The van der Waals surface area contributed by atoms with Crippen LogP contribution in [0, 0.1) is 6.92 Å². The largest absolute Gasteiger partial charge is 0.465 e. The Balaban J connectivity index is 1.64. The van der Waals surface area contributed by atoms with E-state index in [4.69, 9.17) is 8.94 Å². The maximum absolute atomic E-state index is 5.61. The van der Waals surface area contributed by atoms with E-state index in [2.05, 4.69) is 22.4 Å². The first kappa shape index (κ1) is 12.4. The van der Waals surface area contributed by atoms with Gasteiger partial charge < -0.3 is 8.94 Å². The predicted octanol–water partition coefficient (Wildman–Crippen LogP) is 3.26. The number of nitrogens with zero attached hydrogens (tertiary/aromatic N) is 2. The minimum absolute atomic E-state index is 0.0143. The van der Waals surface area contributed by atoms with Crippen LogP contribution >= 0.6 is 0 Å². The second kappa shape index (κ2) is 4.81. The molecule has 0 aromatic carbocycles. The third-order valence-electron chi connectivity index (χ3n) is 3.46. The third-order valence-corrected chi connectivity index (χ3v) is 3.46. The minimum Gasteiger partial charge on any atom is -0.465 e. The molecule has 0 unspecified atom stereocenters. The van der Waals surface area contributed by atoms with Crippen molar-refractivity contribution in [3.63, 3.8) is 0 Å². The molecule has 0 aliphatic heterocycles. The molecule has 0 radical (unpaired) electrons. The highest BCUT2D eigenvalue weighted by atomic mass is 16.5. The first-order valence-corrected chi connectivity index (χ1v) is 6.79. The molecule has 0 bridgehead atoms. The van der Waals surface area contributed by atoms with E-state index < -0.39 is 0 Å². The predicted molar refractivity (Wildman–Crippen MR) is 69.7 cm³/mol. The highest BCUT2D eigenvalue weighted by Crippen LogP contribution is 2.38. The molecular weight excluding hydrogens is 242 g/mol. The van der Waals surface area contributed by atoms with E-state index >= 15 is 0 Å². The number of furan rings is 1. The first-order valence-electron chi connectivity index (χ1n) is 6.79. The quantitative estimate of drug-likeness (QED) is 0.895. The van der Waals surface area contributed by atoms with Crippen LogP contribution in [0.1, 0.15) is 67.9 Å². The Kier molecular flexibility index (Phi) is 3.14. The second-order valence-corrected chi connectivity index (χ2v) is 5.32. The fraction of sp³-hybridized carbons (Fsp3) is 0.571. The van der Waals surface area contributed by atoms with Crippen LogP contribution in [0.2, 0.25) is 0 Å². The van der Waals surface area contributed by atoms with Crippen molar-refractivity contribution in [3.05, 3.63) is 35.4 Å². The van der Waals surface area contributed by atoms with Gasteiger partial charge >= 0.3 is 0 Å². The maximum Gasteiger partial charge on any atom is 0.243 e. The normalized spacial score (nSPS) is 18.5. The van der Waals surface area contributed by atoms with Crippen LogP contribution in [0.3, 0.4) is 0 Å². The molecule has 3 rings (SSSR count). The van der Waals surface area contributed by atoms with Gasteiger partial charge in [-0.05, 0) is 45.7 Å². The number of aryl methyl sites for hydroxylation is 1. The first-order chi connectivity index (χ1) is 9.13. The molecule has 2 heterocycles. The van der Waals surface area contributed by atoms with Crippen LogP contribution in [0.5, 0.6) is 0 Å². The summed E-state index contributed by atoms with van der Waals surface area (Å²) in [7, 11) is 0. The molecule has 5 heteroatoms. The molecular formula is C14H19N3O2. The fourth-order valence-electron chi connectivity index (χ4n) is 2.15. The fourth-order valence-corrected chi connectivity index (χ4v) is 2.15. The summed E-state index contributed by atoms with van der Waals surface area (Å²) in [5, 5.41) is 7.44. The van der Waals surface area contributed by atoms with E-state index in [0.29, 0.717) is 11.8 Å². The van der Waals surface area contributed by atoms with Gasteiger partial charge in [0.2, 0.25) is 5.89 Å². The summed E-state index contributed by atoms with van der Waals surface area (Å²) in [6, 6.07) is 4.08. The molecule has 1 N–H and O–H groups in total. The molecule has 1 saturated carbocycles. The summed E-state index contributed by atoms with van der Waals surface area (Å²) < 4.78 is 10.9. The molecule has 0 saturated heterocycles. The average Bonchev–Trinajstić information content (AvgIpc) is 2.94. The van der Waals surface area contributed by atoms with Crippen molar-refractivity contribution in [1.29, 1.82) is 0 Å². The van der Waals surface area contributed by atoms with Crippen LogP contribution < -0.4 is 5.32 Å². The molecule has 1 aliphatic rings. The number of rotatable bonds is 5. The molecule has 19 heavy (non-hydrogen) atoms. The van der Waals surface area contributed by atoms with Crippen LogP contribution in [0.15, 0.2) is 21.1 Å². The highest BCUT2D eigenvalue weighted by molar-refractivity contribution is 5.10. The summed E-state index contributed by atoms with van der Waals surface area (Å²) in [5.74, 6) is 3.87. The Labute approximate surface area is 112 Å². The Morgan fingerprint density at radius 1 is 1.26 bits per heavy atom. The zero-order chi connectivity index (χ0) is 13.4. The standard InChI is InChI=1S/C14H19N3O2/c1-8-4-7-12(18-8)9(2)15-10(3)14-16-13(17-19-14)11-5-6-11/h4,7,9-11,15H,5-6H2,1-3H3/t9-,10-/m0/s1. The van der Waals surface area contributed by atoms with Crippen LogP contribution in [0.25, 0.3) is 0 Å².